The molecular weight excluding hydrogens is 446 g/mol. The third-order valence-corrected chi connectivity index (χ3v) is 6.15. The fraction of sp³-hybridized carbons (Fsp3) is 0.478. The van der Waals surface area contributed by atoms with Crippen molar-refractivity contribution in [3.05, 3.63) is 62.0 Å². The Morgan fingerprint density at radius 2 is 1.79 bits per heavy atom. The maximum Gasteiger partial charge on any atom is 0.408 e. The van der Waals surface area contributed by atoms with Crippen LogP contribution in [0.5, 0.6) is 0 Å². The van der Waals surface area contributed by atoms with Crippen molar-refractivity contribution >= 4 is 28.9 Å². The Kier molecular flexibility index (Phi) is 7.63. The number of unbranched alkanes of at least 4 members (excludes halogenated alkanes) is 2. The van der Waals surface area contributed by atoms with E-state index >= 15 is 0 Å². The number of aromatic amines is 1. The number of H-pyrrole nitrogens is 1. The number of carboxylic acid groups (broad SMARTS) is 1. The summed E-state index contributed by atoms with van der Waals surface area (Å²) in [6.45, 7) is 6.39. The Hall–Kier alpha value is -3.07. The van der Waals surface area contributed by atoms with E-state index in [0.29, 0.717) is 13.0 Å². The fourth-order valence-electron chi connectivity index (χ4n) is 4.06. The molecule has 2 aromatic heterocycles. The van der Waals surface area contributed by atoms with Gasteiger partial charge in [-0.3, -0.25) is 18.8 Å². The fourth-order valence-corrected chi connectivity index (χ4v) is 4.23. The van der Waals surface area contributed by atoms with Gasteiger partial charge in [0.1, 0.15) is 0 Å². The van der Waals surface area contributed by atoms with Crippen LogP contribution in [-0.2, 0) is 18.6 Å². The number of carbonyl (C=O) groups is 1. The molecule has 0 atom stereocenters. The smallest absolute Gasteiger partial charge is 0.408 e. The second kappa shape index (κ2) is 10.2. The topological polar surface area (TPSA) is 113 Å². The zero-order chi connectivity index (χ0) is 24.2. The largest absolute Gasteiger partial charge is 0.465 e. The number of nitrogens with zero attached hydrogens (tertiary/aromatic N) is 4. The van der Waals surface area contributed by atoms with Crippen molar-refractivity contribution in [2.24, 2.45) is 0 Å². The SMILES string of the molecule is CCCCCn1c(=O)n(CCCN(C(=O)O)C(C)(C)c2ccccc2)c(=O)c2[nH]c(Cl)nc21. The number of benzene rings is 1. The molecule has 10 heteroatoms. The van der Waals surface area contributed by atoms with E-state index in [0.717, 1.165) is 29.4 Å². The van der Waals surface area contributed by atoms with Crippen LogP contribution in [0, 0.1) is 0 Å². The highest BCUT2D eigenvalue weighted by atomic mass is 35.5. The summed E-state index contributed by atoms with van der Waals surface area (Å²) < 4.78 is 2.61. The molecule has 0 aliphatic carbocycles. The predicted octanol–water partition coefficient (Wildman–Crippen LogP) is 4.04. The number of amides is 1. The molecule has 0 unspecified atom stereocenters. The number of fused-ring (bicyclic) bond motifs is 1. The minimum Gasteiger partial charge on any atom is -0.465 e. The first kappa shape index (κ1) is 24.6. The van der Waals surface area contributed by atoms with Gasteiger partial charge in [0.15, 0.2) is 11.2 Å². The van der Waals surface area contributed by atoms with Crippen LogP contribution in [0.3, 0.4) is 0 Å². The Bertz CT molecular complexity index is 1230. The number of nitrogens with one attached hydrogen (secondary N) is 1. The summed E-state index contributed by atoms with van der Waals surface area (Å²) in [5.41, 5.74) is -0.465. The van der Waals surface area contributed by atoms with Crippen LogP contribution in [0.25, 0.3) is 11.2 Å². The van der Waals surface area contributed by atoms with Crippen LogP contribution in [0.2, 0.25) is 5.28 Å². The van der Waals surface area contributed by atoms with Crippen LogP contribution in [-0.4, -0.2) is 41.7 Å². The van der Waals surface area contributed by atoms with Crippen molar-refractivity contribution in [2.75, 3.05) is 6.54 Å². The van der Waals surface area contributed by atoms with Gasteiger partial charge in [0, 0.05) is 19.6 Å². The van der Waals surface area contributed by atoms with Gasteiger partial charge >= 0.3 is 11.8 Å². The minimum absolute atomic E-state index is 0.0464. The third-order valence-electron chi connectivity index (χ3n) is 5.97. The Morgan fingerprint density at radius 1 is 1.12 bits per heavy atom. The summed E-state index contributed by atoms with van der Waals surface area (Å²) in [4.78, 5) is 46.3. The molecule has 0 radical (unpaired) electrons. The molecule has 0 saturated heterocycles. The summed E-state index contributed by atoms with van der Waals surface area (Å²) in [5, 5.41) is 9.90. The lowest BCUT2D eigenvalue weighted by atomic mass is 9.92. The third kappa shape index (κ3) is 5.13. The van der Waals surface area contributed by atoms with Crippen LogP contribution in [0.4, 0.5) is 4.79 Å². The number of imidazole rings is 1. The van der Waals surface area contributed by atoms with E-state index in [1.807, 2.05) is 44.2 Å². The molecule has 0 aliphatic rings. The lowest BCUT2D eigenvalue weighted by Crippen LogP contribution is -2.46. The van der Waals surface area contributed by atoms with Gasteiger partial charge in [-0.15, -0.1) is 0 Å². The molecule has 0 saturated carbocycles. The van der Waals surface area contributed by atoms with Crippen molar-refractivity contribution in [1.82, 2.24) is 24.0 Å². The van der Waals surface area contributed by atoms with Crippen molar-refractivity contribution in [3.63, 3.8) is 0 Å². The summed E-state index contributed by atoms with van der Waals surface area (Å²) in [6.07, 6.45) is 1.92. The molecule has 2 N–H and O–H groups in total. The molecule has 3 aromatic rings. The summed E-state index contributed by atoms with van der Waals surface area (Å²) in [7, 11) is 0. The van der Waals surface area contributed by atoms with Crippen LogP contribution in [0.1, 0.15) is 52.0 Å². The number of rotatable bonds is 10. The molecule has 178 valence electrons. The molecule has 0 bridgehead atoms. The Balaban J connectivity index is 1.88. The summed E-state index contributed by atoms with van der Waals surface area (Å²) in [6, 6.07) is 9.36. The highest BCUT2D eigenvalue weighted by Gasteiger charge is 2.32. The van der Waals surface area contributed by atoms with E-state index in [-0.39, 0.29) is 29.5 Å². The maximum absolute atomic E-state index is 13.1. The van der Waals surface area contributed by atoms with Crippen molar-refractivity contribution in [2.45, 2.75) is 65.1 Å². The van der Waals surface area contributed by atoms with E-state index in [2.05, 4.69) is 16.9 Å². The van der Waals surface area contributed by atoms with Crippen molar-refractivity contribution in [1.29, 1.82) is 0 Å². The van der Waals surface area contributed by atoms with Gasteiger partial charge in [-0.2, -0.15) is 4.98 Å². The maximum atomic E-state index is 13.1. The molecule has 0 aliphatic heterocycles. The lowest BCUT2D eigenvalue weighted by molar-refractivity contribution is 0.0893. The van der Waals surface area contributed by atoms with Gasteiger partial charge in [-0.05, 0) is 43.9 Å². The number of hydrogen-bond acceptors (Lipinski definition) is 4. The first-order valence-corrected chi connectivity index (χ1v) is 11.5. The molecule has 33 heavy (non-hydrogen) atoms. The van der Waals surface area contributed by atoms with Gasteiger partial charge in [-0.1, -0.05) is 50.1 Å². The number of halogens is 1. The van der Waals surface area contributed by atoms with Gasteiger partial charge in [0.05, 0.1) is 5.54 Å². The standard InChI is InChI=1S/C23H30ClN5O4/c1-4-5-9-13-27-18-17(25-20(24)26-18)19(30)28(21(27)31)14-10-15-29(22(32)33)23(2,3)16-11-7-6-8-12-16/h6-8,11-12H,4-5,9-10,13-15H2,1-3H3,(H,25,26)(H,32,33). The van der Waals surface area contributed by atoms with Crippen molar-refractivity contribution < 1.29 is 9.90 Å². The molecule has 1 amide bonds. The van der Waals surface area contributed by atoms with Gasteiger partial charge in [-0.25, -0.2) is 9.59 Å². The van der Waals surface area contributed by atoms with Gasteiger partial charge in [0.2, 0.25) is 5.28 Å². The van der Waals surface area contributed by atoms with E-state index in [4.69, 9.17) is 11.6 Å². The quantitative estimate of drug-likeness (QED) is 0.339. The molecule has 2 heterocycles. The molecule has 9 nitrogen and oxygen atoms in total. The summed E-state index contributed by atoms with van der Waals surface area (Å²) in [5.74, 6) is 0. The number of aromatic nitrogens is 4. The van der Waals surface area contributed by atoms with Crippen LogP contribution >= 0.6 is 11.6 Å². The predicted molar refractivity (Wildman–Crippen MR) is 128 cm³/mol. The molecule has 1 aromatic carbocycles. The minimum atomic E-state index is -1.07. The van der Waals surface area contributed by atoms with Crippen LogP contribution < -0.4 is 11.2 Å². The van der Waals surface area contributed by atoms with Gasteiger partial charge < -0.3 is 10.1 Å². The second-order valence-corrected chi connectivity index (χ2v) is 8.90. The first-order valence-electron chi connectivity index (χ1n) is 11.1. The molecule has 3 rings (SSSR count). The molecule has 0 spiro atoms. The number of hydrogen-bond donors (Lipinski definition) is 2. The normalized spacial score (nSPS) is 11.8. The first-order chi connectivity index (χ1) is 15.7. The molecule has 0 fully saturated rings. The average Bonchev–Trinajstić information content (AvgIpc) is 3.17. The zero-order valence-corrected chi connectivity index (χ0v) is 19.9. The lowest BCUT2D eigenvalue weighted by Gasteiger charge is -2.37. The Morgan fingerprint density at radius 3 is 2.42 bits per heavy atom. The average molecular weight is 476 g/mol. The van der Waals surface area contributed by atoms with Crippen LogP contribution in [0.15, 0.2) is 39.9 Å². The monoisotopic (exact) mass is 475 g/mol. The zero-order valence-electron chi connectivity index (χ0n) is 19.2. The summed E-state index contributed by atoms with van der Waals surface area (Å²) >= 11 is 5.98. The van der Waals surface area contributed by atoms with E-state index < -0.39 is 22.9 Å². The van der Waals surface area contributed by atoms with E-state index in [1.165, 1.54) is 9.47 Å². The van der Waals surface area contributed by atoms with Gasteiger partial charge in [0.25, 0.3) is 5.56 Å². The Labute approximate surface area is 196 Å². The highest BCUT2D eigenvalue weighted by molar-refractivity contribution is 6.28. The second-order valence-electron chi connectivity index (χ2n) is 8.54. The van der Waals surface area contributed by atoms with E-state index in [9.17, 15) is 19.5 Å². The van der Waals surface area contributed by atoms with Crippen molar-refractivity contribution in [3.8, 4) is 0 Å². The molecular formula is C23H30ClN5O4. The number of aryl methyl sites for hydroxylation is 1. The highest BCUT2D eigenvalue weighted by Crippen LogP contribution is 2.28. The van der Waals surface area contributed by atoms with E-state index in [1.54, 1.807) is 0 Å².